The van der Waals surface area contributed by atoms with Crippen LogP contribution in [0.2, 0.25) is 0 Å². The summed E-state index contributed by atoms with van der Waals surface area (Å²) < 4.78 is 0. The van der Waals surface area contributed by atoms with Gasteiger partial charge >= 0.3 is 5.97 Å². The van der Waals surface area contributed by atoms with Crippen LogP contribution in [0.3, 0.4) is 0 Å². The van der Waals surface area contributed by atoms with E-state index in [1.54, 1.807) is 24.0 Å². The monoisotopic (exact) mass is 211 g/mol. The lowest BCUT2D eigenvalue weighted by atomic mass is 10.3. The zero-order chi connectivity index (χ0) is 10.6. The van der Waals surface area contributed by atoms with Crippen LogP contribution < -0.4 is 0 Å². The van der Waals surface area contributed by atoms with Gasteiger partial charge in [0, 0.05) is 23.0 Å². The molecule has 1 N–H and O–H groups in total. The lowest BCUT2D eigenvalue weighted by Crippen LogP contribution is -2.00. The first kappa shape index (κ1) is 11.0. The molecule has 0 atom stereocenters. The summed E-state index contributed by atoms with van der Waals surface area (Å²) in [6.45, 7) is 4.21. The SMILES string of the molecule is CC(C)CSc1ccncc1C(=O)O. The Balaban J connectivity index is 2.79. The second kappa shape index (κ2) is 5.00. The normalized spacial score (nSPS) is 10.5. The topological polar surface area (TPSA) is 50.2 Å². The quantitative estimate of drug-likeness (QED) is 0.777. The maximum atomic E-state index is 10.8. The first-order chi connectivity index (χ1) is 6.61. The molecule has 1 aromatic heterocycles. The number of pyridine rings is 1. The molecule has 0 aliphatic rings. The van der Waals surface area contributed by atoms with Gasteiger partial charge in [-0.05, 0) is 12.0 Å². The minimum absolute atomic E-state index is 0.290. The van der Waals surface area contributed by atoms with Crippen LogP contribution in [0.15, 0.2) is 23.4 Å². The Morgan fingerprint density at radius 2 is 2.36 bits per heavy atom. The van der Waals surface area contributed by atoms with Gasteiger partial charge in [-0.15, -0.1) is 11.8 Å². The average molecular weight is 211 g/mol. The van der Waals surface area contributed by atoms with E-state index >= 15 is 0 Å². The Morgan fingerprint density at radius 3 is 2.93 bits per heavy atom. The molecule has 1 heterocycles. The predicted octanol–water partition coefficient (Wildman–Crippen LogP) is 2.53. The Bertz CT molecular complexity index is 326. The van der Waals surface area contributed by atoms with Crippen LogP contribution in [0.4, 0.5) is 0 Å². The van der Waals surface area contributed by atoms with E-state index in [4.69, 9.17) is 5.11 Å². The van der Waals surface area contributed by atoms with E-state index in [1.807, 2.05) is 0 Å². The number of nitrogens with zero attached hydrogens (tertiary/aromatic N) is 1. The number of carboxylic acid groups (broad SMARTS) is 1. The summed E-state index contributed by atoms with van der Waals surface area (Å²) in [5, 5.41) is 8.88. The number of carboxylic acids is 1. The van der Waals surface area contributed by atoms with Gasteiger partial charge in [0.2, 0.25) is 0 Å². The van der Waals surface area contributed by atoms with Crippen LogP contribution in [0.1, 0.15) is 24.2 Å². The van der Waals surface area contributed by atoms with Crippen molar-refractivity contribution in [1.82, 2.24) is 4.98 Å². The second-order valence-electron chi connectivity index (χ2n) is 3.38. The molecule has 0 aliphatic heterocycles. The molecule has 0 saturated carbocycles. The highest BCUT2D eigenvalue weighted by Crippen LogP contribution is 2.23. The van der Waals surface area contributed by atoms with Crippen molar-refractivity contribution in [2.45, 2.75) is 18.7 Å². The minimum atomic E-state index is -0.913. The highest BCUT2D eigenvalue weighted by atomic mass is 32.2. The van der Waals surface area contributed by atoms with Gasteiger partial charge in [-0.1, -0.05) is 13.8 Å². The average Bonchev–Trinajstić information content (AvgIpc) is 2.15. The number of thioether (sulfide) groups is 1. The van der Waals surface area contributed by atoms with Gasteiger partial charge in [-0.3, -0.25) is 4.98 Å². The zero-order valence-corrected chi connectivity index (χ0v) is 9.04. The van der Waals surface area contributed by atoms with Crippen LogP contribution in [-0.4, -0.2) is 21.8 Å². The third kappa shape index (κ3) is 3.03. The molecule has 0 bridgehead atoms. The van der Waals surface area contributed by atoms with Crippen molar-refractivity contribution in [1.29, 1.82) is 0 Å². The predicted molar refractivity (Wildman–Crippen MR) is 56.8 cm³/mol. The van der Waals surface area contributed by atoms with E-state index in [9.17, 15) is 4.79 Å². The highest BCUT2D eigenvalue weighted by Gasteiger charge is 2.10. The number of aromatic carboxylic acids is 1. The Hall–Kier alpha value is -1.03. The van der Waals surface area contributed by atoms with E-state index in [0.29, 0.717) is 5.92 Å². The Labute approximate surface area is 87.6 Å². The van der Waals surface area contributed by atoms with Gasteiger partial charge in [0.25, 0.3) is 0 Å². The van der Waals surface area contributed by atoms with E-state index in [0.717, 1.165) is 10.6 Å². The zero-order valence-electron chi connectivity index (χ0n) is 8.23. The number of aromatic nitrogens is 1. The van der Waals surface area contributed by atoms with Crippen LogP contribution in [0.25, 0.3) is 0 Å². The van der Waals surface area contributed by atoms with Gasteiger partial charge in [0.15, 0.2) is 0 Å². The maximum Gasteiger partial charge on any atom is 0.338 e. The number of carbonyl (C=O) groups is 1. The molecule has 0 fully saturated rings. The summed E-state index contributed by atoms with van der Waals surface area (Å²) in [6, 6.07) is 1.75. The molecule has 1 rings (SSSR count). The lowest BCUT2D eigenvalue weighted by Gasteiger charge is -2.06. The minimum Gasteiger partial charge on any atom is -0.478 e. The van der Waals surface area contributed by atoms with E-state index in [-0.39, 0.29) is 5.56 Å². The Kier molecular flexibility index (Phi) is 3.95. The fourth-order valence-electron chi connectivity index (χ4n) is 0.925. The number of rotatable bonds is 4. The third-order valence-corrected chi connectivity index (χ3v) is 3.08. The molecule has 0 aromatic carbocycles. The van der Waals surface area contributed by atoms with Gasteiger partial charge in [0.05, 0.1) is 5.56 Å². The lowest BCUT2D eigenvalue weighted by molar-refractivity contribution is 0.0692. The van der Waals surface area contributed by atoms with Gasteiger partial charge in [-0.25, -0.2) is 4.79 Å². The van der Waals surface area contributed by atoms with Crippen molar-refractivity contribution in [3.63, 3.8) is 0 Å². The van der Waals surface area contributed by atoms with Crippen molar-refractivity contribution in [2.75, 3.05) is 5.75 Å². The van der Waals surface area contributed by atoms with Crippen LogP contribution in [-0.2, 0) is 0 Å². The van der Waals surface area contributed by atoms with E-state index < -0.39 is 5.97 Å². The van der Waals surface area contributed by atoms with Crippen LogP contribution in [0.5, 0.6) is 0 Å². The van der Waals surface area contributed by atoms with Crippen molar-refractivity contribution in [3.05, 3.63) is 24.0 Å². The molecule has 14 heavy (non-hydrogen) atoms. The summed E-state index contributed by atoms with van der Waals surface area (Å²) in [5.74, 6) is 0.559. The number of hydrogen-bond acceptors (Lipinski definition) is 3. The summed E-state index contributed by atoms with van der Waals surface area (Å²) in [4.78, 5) is 15.4. The van der Waals surface area contributed by atoms with Crippen molar-refractivity contribution < 1.29 is 9.90 Å². The largest absolute Gasteiger partial charge is 0.478 e. The first-order valence-electron chi connectivity index (χ1n) is 4.41. The summed E-state index contributed by atoms with van der Waals surface area (Å²) in [6.07, 6.45) is 3.01. The van der Waals surface area contributed by atoms with Gasteiger partial charge in [-0.2, -0.15) is 0 Å². The smallest absolute Gasteiger partial charge is 0.338 e. The first-order valence-corrected chi connectivity index (χ1v) is 5.40. The van der Waals surface area contributed by atoms with Crippen molar-refractivity contribution in [2.24, 2.45) is 5.92 Å². The molecule has 0 aliphatic carbocycles. The molecule has 0 unspecified atom stereocenters. The molecule has 3 nitrogen and oxygen atoms in total. The molecule has 76 valence electrons. The molecular formula is C10H13NO2S. The summed E-state index contributed by atoms with van der Waals surface area (Å²) in [5.41, 5.74) is 0.290. The van der Waals surface area contributed by atoms with Crippen LogP contribution in [0, 0.1) is 5.92 Å². The third-order valence-electron chi connectivity index (χ3n) is 1.58. The summed E-state index contributed by atoms with van der Waals surface area (Å²) >= 11 is 1.56. The molecular weight excluding hydrogens is 198 g/mol. The van der Waals surface area contributed by atoms with Crippen molar-refractivity contribution in [3.8, 4) is 0 Å². The van der Waals surface area contributed by atoms with E-state index in [2.05, 4.69) is 18.8 Å². The molecule has 0 spiro atoms. The fourth-order valence-corrected chi connectivity index (χ4v) is 1.89. The van der Waals surface area contributed by atoms with Gasteiger partial charge < -0.3 is 5.11 Å². The molecule has 1 aromatic rings. The fraction of sp³-hybridized carbons (Fsp3) is 0.400. The standard InChI is InChI=1S/C10H13NO2S/c1-7(2)6-14-9-3-4-11-5-8(9)10(12)13/h3-5,7H,6H2,1-2H3,(H,12,13). The molecule has 4 heteroatoms. The second-order valence-corrected chi connectivity index (χ2v) is 4.44. The highest BCUT2D eigenvalue weighted by molar-refractivity contribution is 7.99. The van der Waals surface area contributed by atoms with Crippen LogP contribution >= 0.6 is 11.8 Å². The molecule has 0 radical (unpaired) electrons. The Morgan fingerprint density at radius 1 is 1.64 bits per heavy atom. The van der Waals surface area contributed by atoms with Crippen molar-refractivity contribution >= 4 is 17.7 Å². The van der Waals surface area contributed by atoms with Gasteiger partial charge in [0.1, 0.15) is 0 Å². The maximum absolute atomic E-state index is 10.8. The molecule has 0 amide bonds. The molecule has 0 saturated heterocycles. The van der Waals surface area contributed by atoms with E-state index in [1.165, 1.54) is 6.20 Å². The number of hydrogen-bond donors (Lipinski definition) is 1. The summed E-state index contributed by atoms with van der Waals surface area (Å²) in [7, 11) is 0.